The molecule has 8 heteroatoms. The topological polar surface area (TPSA) is 110 Å². The minimum absolute atomic E-state index is 0.0204. The summed E-state index contributed by atoms with van der Waals surface area (Å²) in [6, 6.07) is 3.68. The number of hydrogen-bond acceptors (Lipinski definition) is 5. The van der Waals surface area contributed by atoms with Crippen molar-refractivity contribution in [3.63, 3.8) is 0 Å². The van der Waals surface area contributed by atoms with Crippen LogP contribution in [-0.2, 0) is 4.79 Å². The molecule has 8 nitrogen and oxygen atoms in total. The molecule has 1 aliphatic heterocycles. The quantitative estimate of drug-likeness (QED) is 0.478. The molecular formula is C17H17N3O5. The van der Waals surface area contributed by atoms with Crippen LogP contribution in [0.25, 0.3) is 0 Å². The molecule has 2 fully saturated rings. The summed E-state index contributed by atoms with van der Waals surface area (Å²) in [6.45, 7) is -0.351. The first-order valence-corrected chi connectivity index (χ1v) is 8.39. The molecule has 0 spiro atoms. The Hall–Kier alpha value is -2.77. The maximum atomic E-state index is 12.4. The molecule has 1 aromatic carbocycles. The van der Waals surface area contributed by atoms with Crippen molar-refractivity contribution < 1.29 is 19.3 Å². The van der Waals surface area contributed by atoms with Gasteiger partial charge in [0.15, 0.2) is 0 Å². The molecule has 0 aromatic heterocycles. The third kappa shape index (κ3) is 2.88. The van der Waals surface area contributed by atoms with Gasteiger partial charge in [0.05, 0.1) is 16.1 Å². The van der Waals surface area contributed by atoms with Crippen LogP contribution in [0.3, 0.4) is 0 Å². The molecule has 4 rings (SSSR count). The predicted octanol–water partition coefficient (Wildman–Crippen LogP) is 1.50. The first-order valence-electron chi connectivity index (χ1n) is 8.39. The van der Waals surface area contributed by atoms with Gasteiger partial charge in [0, 0.05) is 18.2 Å². The Bertz CT molecular complexity index is 785. The summed E-state index contributed by atoms with van der Waals surface area (Å²) < 4.78 is 0. The SMILES string of the molecule is O=C(CN1C(=O)c2ccc([N+](=O)[O-])cc2C1=O)NC(C1CC1)C1CC1. The summed E-state index contributed by atoms with van der Waals surface area (Å²) in [5.74, 6) is -0.567. The maximum Gasteiger partial charge on any atom is 0.270 e. The summed E-state index contributed by atoms with van der Waals surface area (Å²) in [4.78, 5) is 48.2. The lowest BCUT2D eigenvalue weighted by Gasteiger charge is -2.20. The van der Waals surface area contributed by atoms with Crippen molar-refractivity contribution in [1.29, 1.82) is 0 Å². The van der Waals surface area contributed by atoms with Gasteiger partial charge in [-0.25, -0.2) is 0 Å². The van der Waals surface area contributed by atoms with Crippen LogP contribution in [-0.4, -0.2) is 40.1 Å². The van der Waals surface area contributed by atoms with Crippen molar-refractivity contribution in [2.24, 2.45) is 11.8 Å². The Kier molecular flexibility index (Phi) is 3.55. The van der Waals surface area contributed by atoms with Crippen LogP contribution in [0.2, 0.25) is 0 Å². The van der Waals surface area contributed by atoms with E-state index in [9.17, 15) is 24.5 Å². The first-order chi connectivity index (χ1) is 12.0. The Morgan fingerprint density at radius 3 is 2.32 bits per heavy atom. The Morgan fingerprint density at radius 1 is 1.16 bits per heavy atom. The average Bonchev–Trinajstić information content (AvgIpc) is 3.48. The van der Waals surface area contributed by atoms with E-state index in [-0.39, 0.29) is 35.3 Å². The molecule has 1 N–H and O–H groups in total. The molecule has 25 heavy (non-hydrogen) atoms. The number of nitro groups is 1. The second-order valence-electron chi connectivity index (χ2n) is 6.95. The highest BCUT2D eigenvalue weighted by molar-refractivity contribution is 6.22. The Balaban J connectivity index is 1.47. The fraction of sp³-hybridized carbons (Fsp3) is 0.471. The van der Waals surface area contributed by atoms with Crippen LogP contribution in [0.4, 0.5) is 5.69 Å². The monoisotopic (exact) mass is 343 g/mol. The van der Waals surface area contributed by atoms with Crippen molar-refractivity contribution in [3.05, 3.63) is 39.4 Å². The number of imide groups is 1. The van der Waals surface area contributed by atoms with Crippen LogP contribution in [0.15, 0.2) is 18.2 Å². The van der Waals surface area contributed by atoms with Gasteiger partial charge in [0.25, 0.3) is 17.5 Å². The molecule has 2 saturated carbocycles. The summed E-state index contributed by atoms with van der Waals surface area (Å²) in [5.41, 5.74) is -0.175. The zero-order valence-corrected chi connectivity index (χ0v) is 13.4. The molecule has 0 radical (unpaired) electrons. The number of nitro benzene ring substituents is 1. The van der Waals surface area contributed by atoms with Crippen molar-refractivity contribution in [3.8, 4) is 0 Å². The van der Waals surface area contributed by atoms with Crippen LogP contribution >= 0.6 is 0 Å². The van der Waals surface area contributed by atoms with Gasteiger partial charge in [-0.1, -0.05) is 0 Å². The Labute approximate surface area is 143 Å². The highest BCUT2D eigenvalue weighted by Crippen LogP contribution is 2.44. The van der Waals surface area contributed by atoms with Crippen LogP contribution in [0.1, 0.15) is 46.4 Å². The van der Waals surface area contributed by atoms with Crippen molar-refractivity contribution in [2.45, 2.75) is 31.7 Å². The molecule has 130 valence electrons. The van der Waals surface area contributed by atoms with E-state index in [2.05, 4.69) is 5.32 Å². The number of hydrogen-bond donors (Lipinski definition) is 1. The van der Waals surface area contributed by atoms with E-state index in [0.29, 0.717) is 11.8 Å². The smallest absolute Gasteiger partial charge is 0.270 e. The van der Waals surface area contributed by atoms with Gasteiger partial charge in [0.1, 0.15) is 6.54 Å². The highest BCUT2D eigenvalue weighted by atomic mass is 16.6. The third-order valence-electron chi connectivity index (χ3n) is 5.05. The van der Waals surface area contributed by atoms with Crippen molar-refractivity contribution >= 4 is 23.4 Å². The number of fused-ring (bicyclic) bond motifs is 1. The molecule has 0 bridgehead atoms. The summed E-state index contributed by atoms with van der Waals surface area (Å²) in [6.07, 6.45) is 4.44. The van der Waals surface area contributed by atoms with E-state index in [1.54, 1.807) is 0 Å². The van der Waals surface area contributed by atoms with E-state index < -0.39 is 16.7 Å². The molecule has 3 amide bonds. The van der Waals surface area contributed by atoms with Crippen molar-refractivity contribution in [1.82, 2.24) is 10.2 Å². The number of carbonyl (C=O) groups is 3. The second-order valence-corrected chi connectivity index (χ2v) is 6.95. The minimum Gasteiger partial charge on any atom is -0.351 e. The molecular weight excluding hydrogens is 326 g/mol. The van der Waals surface area contributed by atoms with Gasteiger partial charge >= 0.3 is 0 Å². The number of carbonyl (C=O) groups excluding carboxylic acids is 3. The first kappa shape index (κ1) is 15.7. The molecule has 1 aromatic rings. The van der Waals surface area contributed by atoms with Crippen molar-refractivity contribution in [2.75, 3.05) is 6.54 Å². The van der Waals surface area contributed by atoms with Gasteiger partial charge in [-0.05, 0) is 43.6 Å². The number of nitrogens with one attached hydrogen (secondary N) is 1. The van der Waals surface area contributed by atoms with Gasteiger partial charge < -0.3 is 5.32 Å². The molecule has 0 atom stereocenters. The van der Waals surface area contributed by atoms with E-state index in [1.807, 2.05) is 0 Å². The van der Waals surface area contributed by atoms with E-state index in [0.717, 1.165) is 36.6 Å². The second kappa shape index (κ2) is 5.65. The molecule has 0 unspecified atom stereocenters. The molecule has 1 heterocycles. The lowest BCUT2D eigenvalue weighted by atomic mass is 10.1. The number of amides is 3. The summed E-state index contributed by atoms with van der Waals surface area (Å²) >= 11 is 0. The van der Waals surface area contributed by atoms with Crippen LogP contribution in [0.5, 0.6) is 0 Å². The predicted molar refractivity (Wildman–Crippen MR) is 85.8 cm³/mol. The van der Waals surface area contributed by atoms with E-state index >= 15 is 0 Å². The number of nitrogens with zero attached hydrogens (tertiary/aromatic N) is 2. The Morgan fingerprint density at radius 2 is 1.76 bits per heavy atom. The average molecular weight is 343 g/mol. The summed E-state index contributed by atoms with van der Waals surface area (Å²) in [7, 11) is 0. The fourth-order valence-electron chi connectivity index (χ4n) is 3.44. The van der Waals surface area contributed by atoms with Gasteiger partial charge in [-0.2, -0.15) is 0 Å². The fourth-order valence-corrected chi connectivity index (χ4v) is 3.44. The highest BCUT2D eigenvalue weighted by Gasteiger charge is 2.43. The number of rotatable bonds is 6. The number of non-ortho nitro benzene ring substituents is 1. The number of benzene rings is 1. The van der Waals surface area contributed by atoms with Gasteiger partial charge in [0.2, 0.25) is 5.91 Å². The van der Waals surface area contributed by atoms with Gasteiger partial charge in [-0.3, -0.25) is 29.4 Å². The van der Waals surface area contributed by atoms with Gasteiger partial charge in [-0.15, -0.1) is 0 Å². The minimum atomic E-state index is -0.659. The van der Waals surface area contributed by atoms with Crippen LogP contribution < -0.4 is 5.32 Å². The molecule has 3 aliphatic rings. The largest absolute Gasteiger partial charge is 0.351 e. The molecule has 0 saturated heterocycles. The summed E-state index contributed by atoms with van der Waals surface area (Å²) in [5, 5.41) is 13.8. The van der Waals surface area contributed by atoms with Crippen LogP contribution in [0, 0.1) is 22.0 Å². The zero-order valence-electron chi connectivity index (χ0n) is 13.4. The third-order valence-corrected chi connectivity index (χ3v) is 5.05. The standard InChI is InChI=1S/C17H17N3O5/c21-14(18-15(9-1-2-9)10-3-4-10)8-19-16(22)12-6-5-11(20(24)25)7-13(12)17(19)23/h5-7,9-10,15H,1-4,8H2,(H,18,21). The zero-order chi connectivity index (χ0) is 17.7. The van der Waals surface area contributed by atoms with E-state index in [4.69, 9.17) is 0 Å². The maximum absolute atomic E-state index is 12.4. The normalized spacial score (nSPS) is 19.3. The lowest BCUT2D eigenvalue weighted by Crippen LogP contribution is -2.45. The lowest BCUT2D eigenvalue weighted by molar-refractivity contribution is -0.384. The molecule has 2 aliphatic carbocycles. The van der Waals surface area contributed by atoms with E-state index in [1.165, 1.54) is 12.1 Å².